The van der Waals surface area contributed by atoms with Gasteiger partial charge in [0, 0.05) is 26.2 Å². The molecule has 0 unspecified atom stereocenters. The number of pyridine rings is 1. The summed E-state index contributed by atoms with van der Waals surface area (Å²) >= 11 is 1.48. The van der Waals surface area contributed by atoms with E-state index in [0.29, 0.717) is 24.3 Å². The molecule has 1 aliphatic heterocycles. The molecule has 5 rings (SSSR count). The van der Waals surface area contributed by atoms with E-state index < -0.39 is 0 Å². The van der Waals surface area contributed by atoms with Crippen LogP contribution in [0.5, 0.6) is 0 Å². The number of para-hydroxylation sites is 2. The van der Waals surface area contributed by atoms with Gasteiger partial charge in [-0.15, -0.1) is 11.3 Å². The average Bonchev–Trinajstić information content (AvgIpc) is 3.41. The third kappa shape index (κ3) is 2.84. The van der Waals surface area contributed by atoms with Crippen molar-refractivity contribution < 1.29 is 4.79 Å². The lowest BCUT2D eigenvalue weighted by molar-refractivity contribution is 0.0751. The number of aromatic nitrogens is 2. The fourth-order valence-corrected chi connectivity index (χ4v) is 4.69. The highest BCUT2D eigenvalue weighted by Gasteiger charge is 2.25. The molecule has 1 amide bonds. The van der Waals surface area contributed by atoms with Gasteiger partial charge in [0.25, 0.3) is 5.91 Å². The summed E-state index contributed by atoms with van der Waals surface area (Å²) in [4.78, 5) is 22.4. The van der Waals surface area contributed by atoms with Crippen LogP contribution in [0.3, 0.4) is 0 Å². The van der Waals surface area contributed by atoms with Crippen molar-refractivity contribution in [3.8, 4) is 6.07 Å². The van der Waals surface area contributed by atoms with E-state index in [0.717, 1.165) is 40.4 Å². The van der Waals surface area contributed by atoms with Crippen LogP contribution in [0.2, 0.25) is 0 Å². The number of benzene rings is 1. The van der Waals surface area contributed by atoms with Gasteiger partial charge in [-0.1, -0.05) is 18.2 Å². The highest BCUT2D eigenvalue weighted by atomic mass is 32.1. The topological polar surface area (TPSA) is 64.6 Å². The number of imidazole rings is 1. The number of piperazine rings is 1. The summed E-state index contributed by atoms with van der Waals surface area (Å²) < 4.78 is 2.08. The van der Waals surface area contributed by atoms with E-state index in [2.05, 4.69) is 21.4 Å². The van der Waals surface area contributed by atoms with Crippen LogP contribution < -0.4 is 4.90 Å². The first-order valence-corrected chi connectivity index (χ1v) is 10.4. The normalized spacial score (nSPS) is 14.5. The number of fused-ring (bicyclic) bond motifs is 3. The van der Waals surface area contributed by atoms with Gasteiger partial charge < -0.3 is 9.80 Å². The third-order valence-electron chi connectivity index (χ3n) is 5.49. The van der Waals surface area contributed by atoms with Gasteiger partial charge in [-0.05, 0) is 42.1 Å². The van der Waals surface area contributed by atoms with Gasteiger partial charge in [0.2, 0.25) is 0 Å². The highest BCUT2D eigenvalue weighted by Crippen LogP contribution is 2.29. The van der Waals surface area contributed by atoms with E-state index in [1.165, 1.54) is 11.3 Å². The molecule has 29 heavy (non-hydrogen) atoms. The predicted octanol–water partition coefficient (Wildman–Crippen LogP) is 3.69. The molecule has 0 saturated carbocycles. The Balaban J connectivity index is 1.53. The van der Waals surface area contributed by atoms with Gasteiger partial charge >= 0.3 is 0 Å². The van der Waals surface area contributed by atoms with Crippen molar-refractivity contribution in [2.75, 3.05) is 31.1 Å². The number of thiophene rings is 1. The number of nitrogens with zero attached hydrogens (tertiary/aromatic N) is 5. The Bertz CT molecular complexity index is 1260. The lowest BCUT2D eigenvalue weighted by Crippen LogP contribution is -2.49. The predicted molar refractivity (Wildman–Crippen MR) is 115 cm³/mol. The molecule has 7 heteroatoms. The Labute approximate surface area is 172 Å². The first kappa shape index (κ1) is 17.7. The van der Waals surface area contributed by atoms with Crippen LogP contribution in [0.1, 0.15) is 20.8 Å². The van der Waals surface area contributed by atoms with Crippen LogP contribution in [0, 0.1) is 18.3 Å². The molecule has 0 radical (unpaired) electrons. The Kier molecular flexibility index (Phi) is 4.22. The minimum Gasteiger partial charge on any atom is -0.354 e. The number of carbonyl (C=O) groups is 1. The van der Waals surface area contributed by atoms with Crippen molar-refractivity contribution in [1.29, 1.82) is 5.26 Å². The number of anilines is 1. The standard InChI is InChI=1S/C22H19N5OS/c1-15-13-20(25-8-10-26(11-9-25)22(28)19-7-4-12-29-19)27-18-6-3-2-5-17(18)24-21(27)16(15)14-23/h2-7,12-13H,8-11H2,1H3. The first-order valence-electron chi connectivity index (χ1n) is 9.56. The summed E-state index contributed by atoms with van der Waals surface area (Å²) in [7, 11) is 0. The molecule has 4 heterocycles. The van der Waals surface area contributed by atoms with Crippen molar-refractivity contribution in [3.63, 3.8) is 0 Å². The van der Waals surface area contributed by atoms with Gasteiger partial charge in [-0.25, -0.2) is 4.98 Å². The molecule has 6 nitrogen and oxygen atoms in total. The quantitative estimate of drug-likeness (QED) is 0.514. The monoisotopic (exact) mass is 401 g/mol. The van der Waals surface area contributed by atoms with Gasteiger partial charge in [-0.3, -0.25) is 9.20 Å². The first-order chi connectivity index (χ1) is 14.2. The van der Waals surface area contributed by atoms with E-state index in [-0.39, 0.29) is 5.91 Å². The Morgan fingerprint density at radius 3 is 2.66 bits per heavy atom. The summed E-state index contributed by atoms with van der Waals surface area (Å²) in [6.07, 6.45) is 0. The highest BCUT2D eigenvalue weighted by molar-refractivity contribution is 7.12. The van der Waals surface area contributed by atoms with Crippen molar-refractivity contribution in [2.45, 2.75) is 6.92 Å². The molecular formula is C22H19N5OS. The largest absolute Gasteiger partial charge is 0.354 e. The molecule has 0 bridgehead atoms. The fourth-order valence-electron chi connectivity index (χ4n) is 4.00. The minimum absolute atomic E-state index is 0.105. The van der Waals surface area contributed by atoms with Gasteiger partial charge in [0.15, 0.2) is 5.65 Å². The van der Waals surface area contributed by atoms with E-state index >= 15 is 0 Å². The number of carbonyl (C=O) groups excluding carboxylic acids is 1. The van der Waals surface area contributed by atoms with Crippen LogP contribution in [0.25, 0.3) is 16.7 Å². The van der Waals surface area contributed by atoms with Crippen molar-refractivity contribution in [3.05, 3.63) is 63.8 Å². The number of hydrogen-bond acceptors (Lipinski definition) is 5. The average molecular weight is 401 g/mol. The third-order valence-corrected chi connectivity index (χ3v) is 6.35. The van der Waals surface area contributed by atoms with Crippen LogP contribution in [0.4, 0.5) is 5.82 Å². The number of hydrogen-bond donors (Lipinski definition) is 0. The van der Waals surface area contributed by atoms with E-state index in [1.54, 1.807) is 0 Å². The van der Waals surface area contributed by atoms with Gasteiger partial charge in [0.05, 0.1) is 21.5 Å². The number of aryl methyl sites for hydroxylation is 1. The summed E-state index contributed by atoms with van der Waals surface area (Å²) in [5.74, 6) is 1.13. The molecule has 1 aromatic carbocycles. The zero-order chi connectivity index (χ0) is 20.0. The minimum atomic E-state index is 0.105. The second-order valence-electron chi connectivity index (χ2n) is 7.19. The molecule has 0 aliphatic carbocycles. The maximum Gasteiger partial charge on any atom is 0.264 e. The Hall–Kier alpha value is -3.37. The number of rotatable bonds is 2. The maximum absolute atomic E-state index is 12.7. The molecule has 0 atom stereocenters. The second kappa shape index (κ2) is 6.90. The smallest absolute Gasteiger partial charge is 0.264 e. The molecular weight excluding hydrogens is 382 g/mol. The van der Waals surface area contributed by atoms with Crippen LogP contribution >= 0.6 is 11.3 Å². The Morgan fingerprint density at radius 1 is 1.14 bits per heavy atom. The van der Waals surface area contributed by atoms with E-state index in [1.807, 2.05) is 53.6 Å². The number of amides is 1. The molecule has 144 valence electrons. The molecule has 4 aromatic rings. The van der Waals surface area contributed by atoms with Crippen molar-refractivity contribution in [2.24, 2.45) is 0 Å². The maximum atomic E-state index is 12.7. The molecule has 1 fully saturated rings. The zero-order valence-electron chi connectivity index (χ0n) is 16.0. The van der Waals surface area contributed by atoms with Crippen molar-refractivity contribution in [1.82, 2.24) is 14.3 Å². The second-order valence-corrected chi connectivity index (χ2v) is 8.14. The molecule has 1 saturated heterocycles. The van der Waals surface area contributed by atoms with Crippen LogP contribution in [-0.4, -0.2) is 46.4 Å². The lowest BCUT2D eigenvalue weighted by Gasteiger charge is -2.36. The molecule has 1 aliphatic rings. The summed E-state index contributed by atoms with van der Waals surface area (Å²) in [5, 5.41) is 11.6. The lowest BCUT2D eigenvalue weighted by atomic mass is 10.1. The molecule has 0 N–H and O–H groups in total. The summed E-state index contributed by atoms with van der Waals surface area (Å²) in [6, 6.07) is 16.1. The van der Waals surface area contributed by atoms with Gasteiger partial charge in [0.1, 0.15) is 11.9 Å². The van der Waals surface area contributed by atoms with E-state index in [9.17, 15) is 10.1 Å². The fraction of sp³-hybridized carbons (Fsp3) is 0.227. The van der Waals surface area contributed by atoms with Crippen LogP contribution in [-0.2, 0) is 0 Å². The van der Waals surface area contributed by atoms with E-state index in [4.69, 9.17) is 4.98 Å². The summed E-state index contributed by atoms with van der Waals surface area (Å²) in [6.45, 7) is 4.78. The van der Waals surface area contributed by atoms with Crippen molar-refractivity contribution >= 4 is 39.7 Å². The molecule has 3 aromatic heterocycles. The molecule has 0 spiro atoms. The SMILES string of the molecule is Cc1cc(N2CCN(C(=O)c3cccs3)CC2)n2c(nc3ccccc32)c1C#N. The number of nitriles is 1. The van der Waals surface area contributed by atoms with Crippen LogP contribution in [0.15, 0.2) is 47.8 Å². The Morgan fingerprint density at radius 2 is 1.93 bits per heavy atom. The van der Waals surface area contributed by atoms with Gasteiger partial charge in [-0.2, -0.15) is 5.26 Å². The summed E-state index contributed by atoms with van der Waals surface area (Å²) in [5.41, 5.74) is 4.09. The zero-order valence-corrected chi connectivity index (χ0v) is 16.8.